The van der Waals surface area contributed by atoms with E-state index in [-0.39, 0.29) is 47.9 Å². The standard InChI is InChI=1S/C23H25ClN6O4/c24-17-7-12(11-31)8-18(26-17)27-23(34)21-13-5-6-14(9-13)30(21)19(32)10-29-16-4-2-1-3-15(16)20(28-29)22(25)33/h1-4,7-8,13-14,20-21,28,31H,5-6,9-11H2,(H2,25,33)(H,26,27,34)/t13-,14+,20?,21-/m0/s1. The minimum atomic E-state index is -0.715. The third-order valence-corrected chi connectivity index (χ3v) is 7.02. The van der Waals surface area contributed by atoms with E-state index in [4.69, 9.17) is 17.3 Å². The van der Waals surface area contributed by atoms with Crippen molar-refractivity contribution < 1.29 is 19.5 Å². The number of hydrazine groups is 1. The molecule has 1 aromatic heterocycles. The van der Waals surface area contributed by atoms with Crippen molar-refractivity contribution in [2.24, 2.45) is 11.7 Å². The molecule has 11 heteroatoms. The number of amides is 3. The van der Waals surface area contributed by atoms with Crippen LogP contribution in [0.2, 0.25) is 5.15 Å². The van der Waals surface area contributed by atoms with E-state index in [9.17, 15) is 19.5 Å². The predicted octanol–water partition coefficient (Wildman–Crippen LogP) is 1.10. The van der Waals surface area contributed by atoms with Crippen molar-refractivity contribution in [1.82, 2.24) is 15.3 Å². The van der Waals surface area contributed by atoms with Crippen molar-refractivity contribution in [1.29, 1.82) is 0 Å². The number of anilines is 2. The molecule has 2 aromatic rings. The number of primary amides is 1. The second-order valence-corrected chi connectivity index (χ2v) is 9.30. The molecule has 2 aliphatic heterocycles. The molecule has 3 aliphatic rings. The van der Waals surface area contributed by atoms with Crippen molar-refractivity contribution in [3.8, 4) is 0 Å². The normalized spacial score (nSPS) is 24.9. The Balaban J connectivity index is 1.35. The number of carbonyl (C=O) groups excluding carboxylic acids is 3. The van der Waals surface area contributed by atoms with Gasteiger partial charge in [-0.25, -0.2) is 10.4 Å². The second kappa shape index (κ2) is 8.86. The second-order valence-electron chi connectivity index (χ2n) is 8.91. The molecule has 5 N–H and O–H groups in total. The summed E-state index contributed by atoms with van der Waals surface area (Å²) in [6.07, 6.45) is 2.48. The van der Waals surface area contributed by atoms with Gasteiger partial charge in [-0.05, 0) is 48.9 Å². The maximum atomic E-state index is 13.5. The highest BCUT2D eigenvalue weighted by atomic mass is 35.5. The maximum Gasteiger partial charge on any atom is 0.248 e. The van der Waals surface area contributed by atoms with Crippen molar-refractivity contribution in [2.45, 2.75) is 44.0 Å². The number of pyridine rings is 1. The number of para-hydroxylation sites is 1. The average Bonchev–Trinajstić information content (AvgIpc) is 3.52. The molecule has 1 unspecified atom stereocenters. The number of fused-ring (bicyclic) bond motifs is 3. The van der Waals surface area contributed by atoms with Gasteiger partial charge in [0.1, 0.15) is 29.6 Å². The van der Waals surface area contributed by atoms with Crippen LogP contribution in [0.5, 0.6) is 0 Å². The van der Waals surface area contributed by atoms with Crippen LogP contribution in [0.25, 0.3) is 0 Å². The lowest BCUT2D eigenvalue weighted by molar-refractivity contribution is -0.139. The number of rotatable bonds is 6. The molecule has 34 heavy (non-hydrogen) atoms. The van der Waals surface area contributed by atoms with Gasteiger partial charge in [0.05, 0.1) is 12.3 Å². The van der Waals surface area contributed by atoms with Gasteiger partial charge in [0.25, 0.3) is 0 Å². The van der Waals surface area contributed by atoms with Gasteiger partial charge in [-0.3, -0.25) is 19.4 Å². The first-order valence-electron chi connectivity index (χ1n) is 11.2. The van der Waals surface area contributed by atoms with Crippen LogP contribution in [0.1, 0.15) is 36.4 Å². The number of halogens is 1. The number of aromatic nitrogens is 1. The Kier molecular flexibility index (Phi) is 5.88. The molecule has 0 radical (unpaired) electrons. The zero-order valence-electron chi connectivity index (χ0n) is 18.3. The lowest BCUT2D eigenvalue weighted by Gasteiger charge is -2.35. The zero-order chi connectivity index (χ0) is 24.0. The van der Waals surface area contributed by atoms with Gasteiger partial charge < -0.3 is 21.1 Å². The van der Waals surface area contributed by atoms with Crippen LogP contribution in [0, 0.1) is 5.92 Å². The number of nitrogens with zero attached hydrogens (tertiary/aromatic N) is 3. The molecule has 2 bridgehead atoms. The Morgan fingerprint density at radius 3 is 2.79 bits per heavy atom. The predicted molar refractivity (Wildman–Crippen MR) is 124 cm³/mol. The molecule has 2 fully saturated rings. The summed E-state index contributed by atoms with van der Waals surface area (Å²) in [5.74, 6) is -0.783. The number of benzene rings is 1. The maximum absolute atomic E-state index is 13.5. The molecule has 1 saturated heterocycles. The van der Waals surface area contributed by atoms with Crippen LogP contribution in [0.15, 0.2) is 36.4 Å². The average molecular weight is 485 g/mol. The number of hydrogen-bond donors (Lipinski definition) is 4. The van der Waals surface area contributed by atoms with E-state index in [2.05, 4.69) is 15.7 Å². The molecule has 3 amide bonds. The molecule has 10 nitrogen and oxygen atoms in total. The molecule has 5 rings (SSSR count). The Morgan fingerprint density at radius 2 is 2.03 bits per heavy atom. The monoisotopic (exact) mass is 484 g/mol. The molecule has 1 aliphatic carbocycles. The number of hydrogen-bond acceptors (Lipinski definition) is 7. The smallest absolute Gasteiger partial charge is 0.248 e. The van der Waals surface area contributed by atoms with Crippen LogP contribution >= 0.6 is 11.6 Å². The summed E-state index contributed by atoms with van der Waals surface area (Å²) in [6.45, 7) is -0.279. The van der Waals surface area contributed by atoms with E-state index in [0.717, 1.165) is 19.3 Å². The number of nitrogens with one attached hydrogen (secondary N) is 2. The highest BCUT2D eigenvalue weighted by molar-refractivity contribution is 6.29. The van der Waals surface area contributed by atoms with Gasteiger partial charge in [-0.2, -0.15) is 0 Å². The number of carbonyl (C=O) groups is 3. The molecule has 178 valence electrons. The summed E-state index contributed by atoms with van der Waals surface area (Å²) in [5, 5.41) is 14.0. The van der Waals surface area contributed by atoms with Crippen LogP contribution in [0.3, 0.4) is 0 Å². The third-order valence-electron chi connectivity index (χ3n) is 6.83. The van der Waals surface area contributed by atoms with Crippen LogP contribution in [-0.2, 0) is 21.0 Å². The van der Waals surface area contributed by atoms with Gasteiger partial charge in [0.15, 0.2) is 0 Å². The van der Waals surface area contributed by atoms with Gasteiger partial charge in [-0.1, -0.05) is 29.8 Å². The van der Waals surface area contributed by atoms with Crippen LogP contribution in [-0.4, -0.2) is 51.3 Å². The van der Waals surface area contributed by atoms with Gasteiger partial charge in [0.2, 0.25) is 17.7 Å². The Hall–Kier alpha value is -3.21. The third kappa shape index (κ3) is 3.97. The summed E-state index contributed by atoms with van der Waals surface area (Å²) in [6, 6.07) is 8.97. The van der Waals surface area contributed by atoms with Crippen LogP contribution in [0.4, 0.5) is 11.5 Å². The Morgan fingerprint density at radius 1 is 1.24 bits per heavy atom. The molecule has 1 saturated carbocycles. The molecule has 1 aromatic carbocycles. The first-order chi connectivity index (χ1) is 16.4. The van der Waals surface area contributed by atoms with E-state index in [1.807, 2.05) is 18.2 Å². The molecular weight excluding hydrogens is 460 g/mol. The molecule has 4 atom stereocenters. The number of aliphatic hydroxyl groups is 1. The summed E-state index contributed by atoms with van der Waals surface area (Å²) < 4.78 is 0. The fraction of sp³-hybridized carbons (Fsp3) is 0.391. The zero-order valence-corrected chi connectivity index (χ0v) is 19.0. The first-order valence-corrected chi connectivity index (χ1v) is 11.5. The number of aliphatic hydroxyl groups excluding tert-OH is 1. The summed E-state index contributed by atoms with van der Waals surface area (Å²) in [7, 11) is 0. The van der Waals surface area contributed by atoms with Crippen molar-refractivity contribution in [2.75, 3.05) is 16.9 Å². The molecular formula is C23H25ClN6O4. The number of nitrogens with two attached hydrogens (primary N) is 1. The van der Waals surface area contributed by atoms with Gasteiger partial charge in [0, 0.05) is 11.6 Å². The molecule has 0 spiro atoms. The van der Waals surface area contributed by atoms with E-state index >= 15 is 0 Å². The largest absolute Gasteiger partial charge is 0.392 e. The highest BCUT2D eigenvalue weighted by Crippen LogP contribution is 2.43. The number of piperidine rings is 1. The van der Waals surface area contributed by atoms with Crippen molar-refractivity contribution in [3.63, 3.8) is 0 Å². The van der Waals surface area contributed by atoms with Crippen LogP contribution < -0.4 is 21.5 Å². The summed E-state index contributed by atoms with van der Waals surface area (Å²) in [5.41, 5.74) is 10.5. The lowest BCUT2D eigenvalue weighted by atomic mass is 9.97. The fourth-order valence-corrected chi connectivity index (χ4v) is 5.66. The fourth-order valence-electron chi connectivity index (χ4n) is 5.43. The topological polar surface area (TPSA) is 141 Å². The van der Waals surface area contributed by atoms with E-state index in [1.165, 1.54) is 6.07 Å². The van der Waals surface area contributed by atoms with E-state index in [0.29, 0.717) is 16.8 Å². The minimum Gasteiger partial charge on any atom is -0.392 e. The van der Waals surface area contributed by atoms with Gasteiger partial charge in [-0.15, -0.1) is 0 Å². The molecule has 3 heterocycles. The van der Waals surface area contributed by atoms with Crippen molar-refractivity contribution in [3.05, 3.63) is 52.7 Å². The quantitative estimate of drug-likeness (QED) is 0.450. The lowest BCUT2D eigenvalue weighted by Crippen LogP contribution is -2.54. The summed E-state index contributed by atoms with van der Waals surface area (Å²) >= 11 is 6.00. The Labute approximate surface area is 201 Å². The van der Waals surface area contributed by atoms with Gasteiger partial charge >= 0.3 is 0 Å². The number of likely N-dealkylation sites (tertiary alicyclic amines) is 1. The SMILES string of the molecule is NC(=O)C1NN(CC(=O)N2[C@@H]3CC[C@@H](C3)[C@H]2C(=O)Nc2cc(CO)cc(Cl)n2)c2ccccc21. The van der Waals surface area contributed by atoms with E-state index in [1.54, 1.807) is 22.0 Å². The van der Waals surface area contributed by atoms with Crippen molar-refractivity contribution >= 4 is 40.8 Å². The Bertz CT molecular complexity index is 1160. The minimum absolute atomic E-state index is 0.0154. The first kappa shape index (κ1) is 22.6. The highest BCUT2D eigenvalue weighted by Gasteiger charge is 2.51. The van der Waals surface area contributed by atoms with E-state index < -0.39 is 18.0 Å². The summed E-state index contributed by atoms with van der Waals surface area (Å²) in [4.78, 5) is 44.4.